The highest BCUT2D eigenvalue weighted by molar-refractivity contribution is 5.81. The van der Waals surface area contributed by atoms with E-state index in [1.165, 1.54) is 0 Å². The summed E-state index contributed by atoms with van der Waals surface area (Å²) in [6, 6.07) is 0.376. The third kappa shape index (κ3) is 3.44. The van der Waals surface area contributed by atoms with Gasteiger partial charge in [-0.2, -0.15) is 0 Å². The summed E-state index contributed by atoms with van der Waals surface area (Å²) >= 11 is 0. The second kappa shape index (κ2) is 4.60. The van der Waals surface area contributed by atoms with Gasteiger partial charge in [-0.05, 0) is 27.2 Å². The van der Waals surface area contributed by atoms with Gasteiger partial charge in [-0.15, -0.1) is 0 Å². The van der Waals surface area contributed by atoms with Gasteiger partial charge in [-0.1, -0.05) is 20.8 Å². The Bertz CT molecular complexity index is 286. The minimum absolute atomic E-state index is 0.209. The topological polar surface area (TPSA) is 23.6 Å². The van der Waals surface area contributed by atoms with Gasteiger partial charge in [-0.3, -0.25) is 9.69 Å². The lowest BCUT2D eigenvalue weighted by Crippen LogP contribution is -2.46. The number of likely N-dealkylation sites (tertiary alicyclic amines) is 1. The molecule has 17 heavy (non-hydrogen) atoms. The maximum atomic E-state index is 12.2. The summed E-state index contributed by atoms with van der Waals surface area (Å²) in [5.41, 5.74) is -0.0652. The van der Waals surface area contributed by atoms with Crippen LogP contribution in [-0.4, -0.2) is 47.4 Å². The number of hydrogen-bond acceptors (Lipinski definition) is 2. The van der Waals surface area contributed by atoms with Crippen molar-refractivity contribution in [3.8, 4) is 0 Å². The molecule has 100 valence electrons. The Balaban J connectivity index is 2.63. The Kier molecular flexibility index (Phi) is 3.92. The smallest absolute Gasteiger partial charge is 0.227 e. The normalized spacial score (nSPS) is 22.9. The van der Waals surface area contributed by atoms with E-state index < -0.39 is 0 Å². The Morgan fingerprint density at radius 1 is 1.18 bits per heavy atom. The summed E-state index contributed by atoms with van der Waals surface area (Å²) in [6.45, 7) is 14.8. The fourth-order valence-electron chi connectivity index (χ4n) is 2.36. The number of amides is 1. The zero-order chi connectivity index (χ0) is 13.4. The average Bonchev–Trinajstić information content (AvgIpc) is 2.61. The van der Waals surface area contributed by atoms with Gasteiger partial charge in [0.05, 0.1) is 0 Å². The molecule has 1 rings (SSSR count). The molecule has 1 unspecified atom stereocenters. The minimum atomic E-state index is -0.274. The van der Waals surface area contributed by atoms with Crippen LogP contribution >= 0.6 is 0 Å². The van der Waals surface area contributed by atoms with Gasteiger partial charge in [0, 0.05) is 37.1 Å². The summed E-state index contributed by atoms with van der Waals surface area (Å²) in [6.07, 6.45) is 1.09. The van der Waals surface area contributed by atoms with Crippen molar-refractivity contribution in [2.24, 2.45) is 5.41 Å². The lowest BCUT2D eigenvalue weighted by Gasteiger charge is -2.34. The molecule has 0 bridgehead atoms. The monoisotopic (exact) mass is 240 g/mol. The largest absolute Gasteiger partial charge is 0.341 e. The summed E-state index contributed by atoms with van der Waals surface area (Å²) in [4.78, 5) is 16.6. The standard InChI is InChI=1S/C14H28N2O/c1-13(2,3)12(17)15(7)11-8-9-16(10-11)14(4,5)6/h11H,8-10H2,1-7H3. The van der Waals surface area contributed by atoms with E-state index in [4.69, 9.17) is 0 Å². The summed E-state index contributed by atoms with van der Waals surface area (Å²) < 4.78 is 0. The van der Waals surface area contributed by atoms with E-state index in [2.05, 4.69) is 25.7 Å². The van der Waals surface area contributed by atoms with E-state index in [-0.39, 0.29) is 16.9 Å². The average molecular weight is 240 g/mol. The fraction of sp³-hybridized carbons (Fsp3) is 0.929. The van der Waals surface area contributed by atoms with Crippen molar-refractivity contribution in [1.82, 2.24) is 9.80 Å². The second-order valence-electron chi connectivity index (χ2n) is 7.23. The lowest BCUT2D eigenvalue weighted by molar-refractivity contribution is -0.140. The molecule has 1 saturated heterocycles. The van der Waals surface area contributed by atoms with Crippen molar-refractivity contribution in [2.75, 3.05) is 20.1 Å². The Morgan fingerprint density at radius 2 is 1.71 bits per heavy atom. The third-order valence-electron chi connectivity index (χ3n) is 3.62. The molecule has 0 aromatic heterocycles. The highest BCUT2D eigenvalue weighted by Gasteiger charge is 2.36. The van der Waals surface area contributed by atoms with Crippen LogP contribution in [0.2, 0.25) is 0 Å². The van der Waals surface area contributed by atoms with E-state index in [1.807, 2.05) is 32.7 Å². The molecule has 1 atom stereocenters. The van der Waals surface area contributed by atoms with Crippen LogP contribution in [0.15, 0.2) is 0 Å². The summed E-state index contributed by atoms with van der Waals surface area (Å²) in [5, 5.41) is 0. The number of hydrogen-bond donors (Lipinski definition) is 0. The highest BCUT2D eigenvalue weighted by Crippen LogP contribution is 2.25. The maximum Gasteiger partial charge on any atom is 0.227 e. The predicted octanol–water partition coefficient (Wildman–Crippen LogP) is 2.36. The quantitative estimate of drug-likeness (QED) is 0.702. The van der Waals surface area contributed by atoms with Gasteiger partial charge in [0.25, 0.3) is 0 Å². The molecule has 0 saturated carbocycles. The molecule has 3 heteroatoms. The van der Waals surface area contributed by atoms with E-state index in [0.29, 0.717) is 6.04 Å². The minimum Gasteiger partial charge on any atom is -0.341 e. The first-order valence-corrected chi connectivity index (χ1v) is 6.56. The van der Waals surface area contributed by atoms with Crippen LogP contribution in [0.25, 0.3) is 0 Å². The van der Waals surface area contributed by atoms with E-state index in [0.717, 1.165) is 19.5 Å². The molecular weight excluding hydrogens is 212 g/mol. The third-order valence-corrected chi connectivity index (χ3v) is 3.62. The van der Waals surface area contributed by atoms with Crippen LogP contribution in [-0.2, 0) is 4.79 Å². The lowest BCUT2D eigenvalue weighted by atomic mass is 9.94. The SMILES string of the molecule is CN(C(=O)C(C)(C)C)C1CCN(C(C)(C)C)C1. The van der Waals surface area contributed by atoms with Crippen molar-refractivity contribution in [3.05, 3.63) is 0 Å². The highest BCUT2D eigenvalue weighted by atomic mass is 16.2. The molecule has 0 N–H and O–H groups in total. The number of nitrogens with zero attached hydrogens (tertiary/aromatic N) is 2. The van der Waals surface area contributed by atoms with E-state index in [9.17, 15) is 4.79 Å². The van der Waals surface area contributed by atoms with Crippen molar-refractivity contribution in [1.29, 1.82) is 0 Å². The molecule has 0 aliphatic carbocycles. The van der Waals surface area contributed by atoms with Crippen molar-refractivity contribution in [2.45, 2.75) is 59.5 Å². The van der Waals surface area contributed by atoms with Crippen LogP contribution in [0.3, 0.4) is 0 Å². The molecule has 0 radical (unpaired) electrons. The van der Waals surface area contributed by atoms with Crippen LogP contribution in [0.1, 0.15) is 48.0 Å². The molecule has 0 aromatic rings. The van der Waals surface area contributed by atoms with Gasteiger partial charge in [-0.25, -0.2) is 0 Å². The predicted molar refractivity (Wildman–Crippen MR) is 72.0 cm³/mol. The fourth-order valence-corrected chi connectivity index (χ4v) is 2.36. The van der Waals surface area contributed by atoms with Crippen LogP contribution in [0, 0.1) is 5.41 Å². The van der Waals surface area contributed by atoms with Crippen molar-refractivity contribution >= 4 is 5.91 Å². The Hall–Kier alpha value is -0.570. The first-order chi connectivity index (χ1) is 7.53. The van der Waals surface area contributed by atoms with Crippen LogP contribution in [0.5, 0.6) is 0 Å². The number of carbonyl (C=O) groups excluding carboxylic acids is 1. The first kappa shape index (κ1) is 14.5. The number of likely N-dealkylation sites (N-methyl/N-ethyl adjacent to an activating group) is 1. The number of carbonyl (C=O) groups is 1. The van der Waals surface area contributed by atoms with Crippen LogP contribution in [0.4, 0.5) is 0 Å². The first-order valence-electron chi connectivity index (χ1n) is 6.56. The number of rotatable bonds is 1. The zero-order valence-corrected chi connectivity index (χ0v) is 12.5. The van der Waals surface area contributed by atoms with Crippen molar-refractivity contribution in [3.63, 3.8) is 0 Å². The zero-order valence-electron chi connectivity index (χ0n) is 12.5. The van der Waals surface area contributed by atoms with Gasteiger partial charge < -0.3 is 4.90 Å². The van der Waals surface area contributed by atoms with E-state index >= 15 is 0 Å². The van der Waals surface area contributed by atoms with Gasteiger partial charge in [0.15, 0.2) is 0 Å². The molecule has 3 nitrogen and oxygen atoms in total. The molecule has 1 heterocycles. The van der Waals surface area contributed by atoms with Crippen molar-refractivity contribution < 1.29 is 4.79 Å². The molecule has 0 spiro atoms. The maximum absolute atomic E-state index is 12.2. The molecule has 0 aromatic carbocycles. The van der Waals surface area contributed by atoms with Crippen LogP contribution < -0.4 is 0 Å². The summed E-state index contributed by atoms with van der Waals surface area (Å²) in [5.74, 6) is 0.248. The molecule has 1 aliphatic heterocycles. The Labute approximate surface area is 106 Å². The molecule has 1 amide bonds. The molecule has 1 fully saturated rings. The summed E-state index contributed by atoms with van der Waals surface area (Å²) in [7, 11) is 1.95. The van der Waals surface area contributed by atoms with E-state index in [1.54, 1.807) is 0 Å². The second-order valence-corrected chi connectivity index (χ2v) is 7.23. The van der Waals surface area contributed by atoms with Gasteiger partial charge in [0.2, 0.25) is 5.91 Å². The Morgan fingerprint density at radius 3 is 2.06 bits per heavy atom. The molecule has 1 aliphatic rings. The van der Waals surface area contributed by atoms with Gasteiger partial charge in [0.1, 0.15) is 0 Å². The molecular formula is C14H28N2O. The van der Waals surface area contributed by atoms with Gasteiger partial charge >= 0.3 is 0 Å².